The maximum Gasteiger partial charge on any atom is 0.129 e. The van der Waals surface area contributed by atoms with Crippen molar-refractivity contribution in [1.29, 1.82) is 0 Å². The number of hydrogen-bond acceptors (Lipinski definition) is 0. The van der Waals surface area contributed by atoms with Gasteiger partial charge in [-0.15, -0.1) is 0 Å². The van der Waals surface area contributed by atoms with Crippen LogP contribution in [0.2, 0.25) is 0 Å². The highest BCUT2D eigenvalue weighted by atomic mass is 79.9. The first kappa shape index (κ1) is 13.2. The van der Waals surface area contributed by atoms with Gasteiger partial charge in [-0.3, -0.25) is 0 Å². The van der Waals surface area contributed by atoms with Crippen molar-refractivity contribution in [2.75, 3.05) is 0 Å². The van der Waals surface area contributed by atoms with Crippen molar-refractivity contribution in [2.24, 2.45) is 0 Å². The van der Waals surface area contributed by atoms with Gasteiger partial charge >= 0.3 is 0 Å². The molecule has 0 radical (unpaired) electrons. The number of hydrogen-bond donors (Lipinski definition) is 0. The zero-order chi connectivity index (χ0) is 13.1. The summed E-state index contributed by atoms with van der Waals surface area (Å²) in [5.74, 6) is -1.04. The quantitative estimate of drug-likeness (QED) is 0.703. The van der Waals surface area contributed by atoms with Gasteiger partial charge in [0.1, 0.15) is 11.6 Å². The van der Waals surface area contributed by atoms with E-state index < -0.39 is 11.6 Å². The van der Waals surface area contributed by atoms with Crippen LogP contribution in [0.3, 0.4) is 0 Å². The zero-order valence-corrected chi connectivity index (χ0v) is 11.5. The minimum absolute atomic E-state index is 0.0253. The van der Waals surface area contributed by atoms with Crippen molar-refractivity contribution in [3.63, 3.8) is 0 Å². The van der Waals surface area contributed by atoms with Crippen molar-refractivity contribution in [2.45, 2.75) is 18.2 Å². The second kappa shape index (κ2) is 5.61. The highest BCUT2D eigenvalue weighted by Crippen LogP contribution is 2.28. The topological polar surface area (TPSA) is 0 Å². The van der Waals surface area contributed by atoms with Crippen molar-refractivity contribution >= 4 is 15.9 Å². The smallest absolute Gasteiger partial charge is 0.129 e. The predicted octanol–water partition coefficient (Wildman–Crippen LogP) is 4.95. The van der Waals surface area contributed by atoms with Crippen LogP contribution in [0.4, 0.5) is 8.78 Å². The lowest BCUT2D eigenvalue weighted by Crippen LogP contribution is -1.99. The Morgan fingerprint density at radius 3 is 2.56 bits per heavy atom. The summed E-state index contributed by atoms with van der Waals surface area (Å²) in [7, 11) is 0. The molecule has 0 amide bonds. The Balaban J connectivity index is 2.18. The monoisotopic (exact) mass is 310 g/mol. The molecule has 0 aliphatic heterocycles. The Kier molecular flexibility index (Phi) is 4.12. The van der Waals surface area contributed by atoms with Crippen LogP contribution in [0, 0.1) is 18.6 Å². The molecule has 0 bridgehead atoms. The molecule has 0 aliphatic carbocycles. The van der Waals surface area contributed by atoms with E-state index in [1.165, 1.54) is 12.1 Å². The summed E-state index contributed by atoms with van der Waals surface area (Å²) in [4.78, 5) is 0.0253. The van der Waals surface area contributed by atoms with Gasteiger partial charge in [0.25, 0.3) is 0 Å². The fourth-order valence-electron chi connectivity index (χ4n) is 1.86. The summed E-state index contributed by atoms with van der Waals surface area (Å²) in [5.41, 5.74) is 2.77. The summed E-state index contributed by atoms with van der Waals surface area (Å²) < 4.78 is 26.4. The summed E-state index contributed by atoms with van der Waals surface area (Å²) in [6, 6.07) is 11.7. The molecule has 0 nitrogen and oxygen atoms in total. The SMILES string of the molecule is Cc1cccc(C(Br)Cc2ccc(F)cc2F)c1. The lowest BCUT2D eigenvalue weighted by Gasteiger charge is -2.11. The van der Waals surface area contributed by atoms with Gasteiger partial charge < -0.3 is 0 Å². The molecule has 1 unspecified atom stereocenters. The molecule has 0 saturated carbocycles. The molecular weight excluding hydrogens is 298 g/mol. The van der Waals surface area contributed by atoms with Gasteiger partial charge in [0.05, 0.1) is 0 Å². The first-order chi connectivity index (χ1) is 8.56. The number of alkyl halides is 1. The van der Waals surface area contributed by atoms with E-state index in [0.717, 1.165) is 17.2 Å². The minimum atomic E-state index is -0.544. The van der Waals surface area contributed by atoms with E-state index in [-0.39, 0.29) is 4.83 Å². The van der Waals surface area contributed by atoms with E-state index >= 15 is 0 Å². The van der Waals surface area contributed by atoms with Gasteiger partial charge in [-0.1, -0.05) is 51.8 Å². The Morgan fingerprint density at radius 2 is 1.89 bits per heavy atom. The van der Waals surface area contributed by atoms with Crippen LogP contribution in [-0.2, 0) is 6.42 Å². The van der Waals surface area contributed by atoms with Gasteiger partial charge in [-0.25, -0.2) is 8.78 Å². The number of halogens is 3. The normalized spacial score (nSPS) is 12.4. The summed E-state index contributed by atoms with van der Waals surface area (Å²) in [5, 5.41) is 0. The minimum Gasteiger partial charge on any atom is -0.207 e. The summed E-state index contributed by atoms with van der Waals surface area (Å²) in [6.45, 7) is 2.02. The fourth-order valence-corrected chi connectivity index (χ4v) is 2.50. The Hall–Kier alpha value is -1.22. The Labute approximate surface area is 114 Å². The van der Waals surface area contributed by atoms with Crippen LogP contribution in [0.25, 0.3) is 0 Å². The molecule has 18 heavy (non-hydrogen) atoms. The first-order valence-corrected chi connectivity index (χ1v) is 6.62. The van der Waals surface area contributed by atoms with Crippen LogP contribution in [0.1, 0.15) is 21.5 Å². The second-order valence-corrected chi connectivity index (χ2v) is 5.43. The number of rotatable bonds is 3. The molecule has 0 spiro atoms. The molecule has 2 rings (SSSR count). The molecule has 0 N–H and O–H groups in total. The predicted molar refractivity (Wildman–Crippen MR) is 72.9 cm³/mol. The van der Waals surface area contributed by atoms with E-state index in [1.807, 2.05) is 25.1 Å². The third-order valence-electron chi connectivity index (χ3n) is 2.82. The van der Waals surface area contributed by atoms with Crippen LogP contribution in [0.15, 0.2) is 42.5 Å². The third-order valence-corrected chi connectivity index (χ3v) is 3.67. The average molecular weight is 311 g/mol. The van der Waals surface area contributed by atoms with Gasteiger partial charge in [-0.2, -0.15) is 0 Å². The van der Waals surface area contributed by atoms with Crippen LogP contribution in [-0.4, -0.2) is 0 Å². The molecule has 0 heterocycles. The zero-order valence-electron chi connectivity index (χ0n) is 9.96. The molecule has 0 saturated heterocycles. The maximum atomic E-state index is 13.5. The van der Waals surface area contributed by atoms with Gasteiger partial charge in [0, 0.05) is 10.9 Å². The van der Waals surface area contributed by atoms with Gasteiger partial charge in [-0.05, 0) is 30.5 Å². The van der Waals surface area contributed by atoms with E-state index in [2.05, 4.69) is 22.0 Å². The van der Waals surface area contributed by atoms with Crippen molar-refractivity contribution in [1.82, 2.24) is 0 Å². The summed E-state index contributed by atoms with van der Waals surface area (Å²) in [6.07, 6.45) is 0.496. The van der Waals surface area contributed by atoms with E-state index in [1.54, 1.807) is 0 Å². The molecule has 94 valence electrons. The van der Waals surface area contributed by atoms with Gasteiger partial charge in [0.15, 0.2) is 0 Å². The molecule has 1 atom stereocenters. The highest BCUT2D eigenvalue weighted by molar-refractivity contribution is 9.09. The molecule has 0 aliphatic rings. The Morgan fingerprint density at radius 1 is 1.11 bits per heavy atom. The molecule has 3 heteroatoms. The van der Waals surface area contributed by atoms with E-state index in [4.69, 9.17) is 0 Å². The highest BCUT2D eigenvalue weighted by Gasteiger charge is 2.12. The van der Waals surface area contributed by atoms with Crippen molar-refractivity contribution < 1.29 is 8.78 Å². The molecule has 2 aromatic rings. The van der Waals surface area contributed by atoms with Crippen molar-refractivity contribution in [3.05, 3.63) is 70.8 Å². The van der Waals surface area contributed by atoms with Crippen LogP contribution >= 0.6 is 15.9 Å². The fraction of sp³-hybridized carbons (Fsp3) is 0.200. The maximum absolute atomic E-state index is 13.5. The largest absolute Gasteiger partial charge is 0.207 e. The number of aryl methyl sites for hydroxylation is 1. The third kappa shape index (κ3) is 3.16. The first-order valence-electron chi connectivity index (χ1n) is 5.71. The van der Waals surface area contributed by atoms with E-state index in [0.29, 0.717) is 12.0 Å². The van der Waals surface area contributed by atoms with Crippen molar-refractivity contribution in [3.8, 4) is 0 Å². The number of benzene rings is 2. The Bertz CT molecular complexity index is 552. The van der Waals surface area contributed by atoms with E-state index in [9.17, 15) is 8.78 Å². The van der Waals surface area contributed by atoms with Gasteiger partial charge in [0.2, 0.25) is 0 Å². The van der Waals surface area contributed by atoms with Crippen LogP contribution in [0.5, 0.6) is 0 Å². The molecular formula is C15H13BrF2. The second-order valence-electron chi connectivity index (χ2n) is 4.32. The lowest BCUT2D eigenvalue weighted by atomic mass is 10.0. The van der Waals surface area contributed by atoms with Crippen LogP contribution < -0.4 is 0 Å². The molecule has 0 aromatic heterocycles. The summed E-state index contributed by atoms with van der Waals surface area (Å²) >= 11 is 3.55. The standard InChI is InChI=1S/C15H13BrF2/c1-10-3-2-4-11(7-10)14(16)8-12-5-6-13(17)9-15(12)18/h2-7,9,14H,8H2,1H3. The molecule has 0 fully saturated rings. The molecule has 2 aromatic carbocycles. The lowest BCUT2D eigenvalue weighted by molar-refractivity contribution is 0.571. The average Bonchev–Trinajstić information content (AvgIpc) is 2.32.